The van der Waals surface area contributed by atoms with Crippen molar-refractivity contribution in [3.05, 3.63) is 0 Å². The van der Waals surface area contributed by atoms with Crippen LogP contribution in [0.2, 0.25) is 0 Å². The summed E-state index contributed by atoms with van der Waals surface area (Å²) < 4.78 is 0. The average Bonchev–Trinajstić information content (AvgIpc) is 2.83. The highest BCUT2D eigenvalue weighted by Gasteiger charge is 2.41. The second-order valence-electron chi connectivity index (χ2n) is 5.15. The molecular weight excluding hydrogens is 162 g/mol. The van der Waals surface area contributed by atoms with Gasteiger partial charge in [0.05, 0.1) is 6.10 Å². The zero-order valence-electron chi connectivity index (χ0n) is 8.15. The van der Waals surface area contributed by atoms with Crippen molar-refractivity contribution in [1.29, 1.82) is 0 Å². The number of fused-ring (bicyclic) bond motifs is 2. The second-order valence-corrected chi connectivity index (χ2v) is 5.15. The fourth-order valence-corrected chi connectivity index (χ4v) is 3.14. The molecule has 1 unspecified atom stereocenters. The van der Waals surface area contributed by atoms with Crippen molar-refractivity contribution < 1.29 is 5.11 Å². The zero-order valence-corrected chi connectivity index (χ0v) is 8.15. The first kappa shape index (κ1) is 8.25. The molecule has 1 N–H and O–H groups in total. The van der Waals surface area contributed by atoms with Crippen LogP contribution in [-0.2, 0) is 0 Å². The van der Waals surface area contributed by atoms with E-state index >= 15 is 0 Å². The molecule has 3 aliphatic rings. The zero-order chi connectivity index (χ0) is 8.84. The standard InChI is InChI=1S/C11H19NO/c13-11-5-9-3-4-10(6-11)12(9)7-8-1-2-8/h8-11,13H,1-7H2/t9-,10+,11?. The van der Waals surface area contributed by atoms with E-state index in [-0.39, 0.29) is 6.10 Å². The van der Waals surface area contributed by atoms with Gasteiger partial charge in [-0.25, -0.2) is 0 Å². The third-order valence-corrected chi connectivity index (χ3v) is 4.03. The van der Waals surface area contributed by atoms with Crippen LogP contribution in [0.3, 0.4) is 0 Å². The largest absolute Gasteiger partial charge is 0.393 e. The van der Waals surface area contributed by atoms with Crippen LogP contribution in [0, 0.1) is 5.92 Å². The molecule has 0 aromatic rings. The van der Waals surface area contributed by atoms with E-state index in [4.69, 9.17) is 0 Å². The minimum atomic E-state index is 0.00736. The topological polar surface area (TPSA) is 23.5 Å². The lowest BCUT2D eigenvalue weighted by Gasteiger charge is -2.37. The monoisotopic (exact) mass is 181 g/mol. The number of aliphatic hydroxyl groups is 1. The first-order valence-electron chi connectivity index (χ1n) is 5.77. The van der Waals surface area contributed by atoms with Crippen LogP contribution in [0.1, 0.15) is 38.5 Å². The Morgan fingerprint density at radius 3 is 2.15 bits per heavy atom. The molecule has 0 amide bonds. The van der Waals surface area contributed by atoms with E-state index in [2.05, 4.69) is 4.90 Å². The van der Waals surface area contributed by atoms with E-state index < -0.39 is 0 Å². The van der Waals surface area contributed by atoms with E-state index in [1.54, 1.807) is 0 Å². The van der Waals surface area contributed by atoms with Crippen LogP contribution < -0.4 is 0 Å². The van der Waals surface area contributed by atoms with Gasteiger partial charge in [-0.3, -0.25) is 4.90 Å². The highest BCUT2D eigenvalue weighted by Crippen LogP contribution is 2.39. The highest BCUT2D eigenvalue weighted by molar-refractivity contribution is 4.96. The van der Waals surface area contributed by atoms with Gasteiger partial charge in [0, 0.05) is 18.6 Å². The molecule has 2 saturated heterocycles. The fourth-order valence-electron chi connectivity index (χ4n) is 3.14. The fraction of sp³-hybridized carbons (Fsp3) is 1.00. The molecule has 2 heterocycles. The van der Waals surface area contributed by atoms with Crippen LogP contribution in [-0.4, -0.2) is 34.7 Å². The first-order chi connectivity index (χ1) is 6.33. The number of hydrogen-bond donors (Lipinski definition) is 1. The number of nitrogens with zero attached hydrogens (tertiary/aromatic N) is 1. The predicted molar refractivity (Wildman–Crippen MR) is 51.5 cm³/mol. The normalized spacial score (nSPS) is 45.5. The summed E-state index contributed by atoms with van der Waals surface area (Å²) in [6, 6.07) is 1.46. The lowest BCUT2D eigenvalue weighted by molar-refractivity contribution is 0.0330. The Kier molecular flexibility index (Phi) is 1.88. The van der Waals surface area contributed by atoms with Crippen molar-refractivity contribution in [2.24, 2.45) is 5.92 Å². The van der Waals surface area contributed by atoms with Gasteiger partial charge in [-0.15, -0.1) is 0 Å². The number of rotatable bonds is 2. The average molecular weight is 181 g/mol. The SMILES string of the molecule is OC1C[C@H]2CC[C@@H](C1)N2CC1CC1. The minimum Gasteiger partial charge on any atom is -0.393 e. The molecule has 3 atom stereocenters. The predicted octanol–water partition coefficient (Wildman–Crippen LogP) is 1.38. The van der Waals surface area contributed by atoms with E-state index in [0.717, 1.165) is 30.8 Å². The van der Waals surface area contributed by atoms with Gasteiger partial charge >= 0.3 is 0 Å². The van der Waals surface area contributed by atoms with Gasteiger partial charge in [-0.1, -0.05) is 0 Å². The Morgan fingerprint density at radius 2 is 1.62 bits per heavy atom. The molecular formula is C11H19NO. The van der Waals surface area contributed by atoms with Crippen LogP contribution in [0.5, 0.6) is 0 Å². The van der Waals surface area contributed by atoms with E-state index in [9.17, 15) is 5.11 Å². The molecule has 0 spiro atoms. The van der Waals surface area contributed by atoms with Crippen LogP contribution in [0.4, 0.5) is 0 Å². The van der Waals surface area contributed by atoms with Crippen LogP contribution >= 0.6 is 0 Å². The van der Waals surface area contributed by atoms with Gasteiger partial charge in [0.2, 0.25) is 0 Å². The number of piperidine rings is 1. The molecule has 1 saturated carbocycles. The second kappa shape index (κ2) is 2.96. The van der Waals surface area contributed by atoms with Crippen molar-refractivity contribution >= 4 is 0 Å². The quantitative estimate of drug-likeness (QED) is 0.695. The Bertz CT molecular complexity index is 188. The molecule has 1 aliphatic carbocycles. The Morgan fingerprint density at radius 1 is 1.00 bits per heavy atom. The summed E-state index contributed by atoms with van der Waals surface area (Å²) in [5, 5.41) is 9.63. The molecule has 0 radical (unpaired) electrons. The maximum atomic E-state index is 9.63. The Balaban J connectivity index is 1.67. The molecule has 2 nitrogen and oxygen atoms in total. The summed E-state index contributed by atoms with van der Waals surface area (Å²) in [5.41, 5.74) is 0. The van der Waals surface area contributed by atoms with E-state index in [1.807, 2.05) is 0 Å². The first-order valence-corrected chi connectivity index (χ1v) is 5.77. The molecule has 2 heteroatoms. The molecule has 2 aliphatic heterocycles. The van der Waals surface area contributed by atoms with Crippen molar-refractivity contribution in [1.82, 2.24) is 4.90 Å². The van der Waals surface area contributed by atoms with Gasteiger partial charge in [-0.05, 0) is 44.4 Å². The van der Waals surface area contributed by atoms with Gasteiger partial charge in [-0.2, -0.15) is 0 Å². The Hall–Kier alpha value is -0.0800. The van der Waals surface area contributed by atoms with Gasteiger partial charge in [0.1, 0.15) is 0 Å². The maximum Gasteiger partial charge on any atom is 0.0570 e. The van der Waals surface area contributed by atoms with Gasteiger partial charge in [0.25, 0.3) is 0 Å². The number of hydrogen-bond acceptors (Lipinski definition) is 2. The molecule has 0 aromatic carbocycles. The summed E-state index contributed by atoms with van der Waals surface area (Å²) in [5.74, 6) is 1.01. The maximum absolute atomic E-state index is 9.63. The van der Waals surface area contributed by atoms with E-state index in [1.165, 1.54) is 32.2 Å². The van der Waals surface area contributed by atoms with Crippen LogP contribution in [0.15, 0.2) is 0 Å². The summed E-state index contributed by atoms with van der Waals surface area (Å²) in [6.07, 6.45) is 7.69. The molecule has 3 fully saturated rings. The lowest BCUT2D eigenvalue weighted by atomic mass is 9.99. The molecule has 74 valence electrons. The van der Waals surface area contributed by atoms with Crippen molar-refractivity contribution in [2.75, 3.05) is 6.54 Å². The molecule has 0 aromatic heterocycles. The highest BCUT2D eigenvalue weighted by atomic mass is 16.3. The van der Waals surface area contributed by atoms with Crippen molar-refractivity contribution in [3.8, 4) is 0 Å². The summed E-state index contributed by atoms with van der Waals surface area (Å²) in [6.45, 7) is 1.34. The third-order valence-electron chi connectivity index (χ3n) is 4.03. The summed E-state index contributed by atoms with van der Waals surface area (Å²) >= 11 is 0. The lowest BCUT2D eigenvalue weighted by Crippen LogP contribution is -2.45. The molecule has 2 bridgehead atoms. The Labute approximate surface area is 79.9 Å². The van der Waals surface area contributed by atoms with Crippen LogP contribution in [0.25, 0.3) is 0 Å². The molecule has 3 rings (SSSR count). The minimum absolute atomic E-state index is 0.00736. The smallest absolute Gasteiger partial charge is 0.0570 e. The van der Waals surface area contributed by atoms with E-state index in [0.29, 0.717) is 0 Å². The summed E-state index contributed by atoms with van der Waals surface area (Å²) in [7, 11) is 0. The number of aliphatic hydroxyl groups excluding tert-OH is 1. The molecule has 13 heavy (non-hydrogen) atoms. The van der Waals surface area contributed by atoms with Crippen molar-refractivity contribution in [2.45, 2.75) is 56.7 Å². The van der Waals surface area contributed by atoms with Gasteiger partial charge in [0.15, 0.2) is 0 Å². The summed E-state index contributed by atoms with van der Waals surface area (Å²) in [4.78, 5) is 2.70. The van der Waals surface area contributed by atoms with Gasteiger partial charge < -0.3 is 5.11 Å². The van der Waals surface area contributed by atoms with Crippen molar-refractivity contribution in [3.63, 3.8) is 0 Å². The third kappa shape index (κ3) is 1.50.